The predicted molar refractivity (Wildman–Crippen MR) is 78.9 cm³/mol. The highest BCUT2D eigenvalue weighted by Crippen LogP contribution is 2.19. The lowest BCUT2D eigenvalue weighted by molar-refractivity contribution is -0.135. The molecule has 0 N–H and O–H groups in total. The van der Waals surface area contributed by atoms with Crippen molar-refractivity contribution < 1.29 is 4.79 Å². The smallest absolute Gasteiger partial charge is 0.240 e. The molecule has 2 rings (SSSR count). The standard InChI is InChI=1S/C17H19N3O/c1-13-6-8-20(9-7-13)17(21)16(12-19)10-14-2-4-15(11-18)5-3-14/h2-5,13,16H,6-10H2,1H3. The fourth-order valence-corrected chi connectivity index (χ4v) is 2.59. The number of piperidine rings is 1. The molecule has 21 heavy (non-hydrogen) atoms. The third-order valence-electron chi connectivity index (χ3n) is 4.07. The van der Waals surface area contributed by atoms with E-state index in [9.17, 15) is 10.1 Å². The van der Waals surface area contributed by atoms with Gasteiger partial charge in [-0.05, 0) is 42.9 Å². The van der Waals surface area contributed by atoms with Gasteiger partial charge in [0.05, 0.1) is 17.7 Å². The largest absolute Gasteiger partial charge is 0.342 e. The number of hydrogen-bond donors (Lipinski definition) is 0. The first-order valence-corrected chi connectivity index (χ1v) is 7.31. The predicted octanol–water partition coefficient (Wildman–Crippen LogP) is 2.50. The number of nitrogens with zero attached hydrogens (tertiary/aromatic N) is 3. The molecule has 0 aromatic heterocycles. The van der Waals surface area contributed by atoms with Crippen molar-refractivity contribution >= 4 is 5.91 Å². The monoisotopic (exact) mass is 281 g/mol. The Balaban J connectivity index is 2.00. The Labute approximate surface area is 125 Å². The number of benzene rings is 1. The molecule has 1 saturated heterocycles. The molecule has 4 heteroatoms. The van der Waals surface area contributed by atoms with Crippen LogP contribution in [0.3, 0.4) is 0 Å². The van der Waals surface area contributed by atoms with Gasteiger partial charge in [0.15, 0.2) is 0 Å². The minimum absolute atomic E-state index is 0.0613. The fraction of sp³-hybridized carbons (Fsp3) is 0.471. The second-order valence-corrected chi connectivity index (χ2v) is 5.70. The van der Waals surface area contributed by atoms with Crippen molar-refractivity contribution in [2.75, 3.05) is 13.1 Å². The third-order valence-corrected chi connectivity index (χ3v) is 4.07. The molecule has 1 aliphatic rings. The Morgan fingerprint density at radius 2 is 1.90 bits per heavy atom. The van der Waals surface area contributed by atoms with Gasteiger partial charge in [0.25, 0.3) is 0 Å². The van der Waals surface area contributed by atoms with Crippen LogP contribution in [0.4, 0.5) is 0 Å². The highest BCUT2D eigenvalue weighted by atomic mass is 16.2. The molecule has 108 valence electrons. The molecule has 1 fully saturated rings. The molecule has 1 amide bonds. The SMILES string of the molecule is CC1CCN(C(=O)C(C#N)Cc2ccc(C#N)cc2)CC1. The summed E-state index contributed by atoms with van der Waals surface area (Å²) in [5, 5.41) is 18.1. The summed E-state index contributed by atoms with van der Waals surface area (Å²) >= 11 is 0. The fourth-order valence-electron chi connectivity index (χ4n) is 2.59. The molecule has 4 nitrogen and oxygen atoms in total. The molecule has 1 aliphatic heterocycles. The van der Waals surface area contributed by atoms with Crippen molar-refractivity contribution in [3.8, 4) is 12.1 Å². The summed E-state index contributed by atoms with van der Waals surface area (Å²) in [4.78, 5) is 14.2. The topological polar surface area (TPSA) is 67.9 Å². The maximum Gasteiger partial charge on any atom is 0.240 e. The molecular weight excluding hydrogens is 262 g/mol. The molecule has 1 unspecified atom stereocenters. The Morgan fingerprint density at radius 3 is 2.43 bits per heavy atom. The van der Waals surface area contributed by atoms with E-state index in [2.05, 4.69) is 19.1 Å². The summed E-state index contributed by atoms with van der Waals surface area (Å²) in [5.41, 5.74) is 1.50. The number of carbonyl (C=O) groups excluding carboxylic acids is 1. The Bertz CT molecular complexity index is 572. The first kappa shape index (κ1) is 15.1. The van der Waals surface area contributed by atoms with Crippen molar-refractivity contribution in [1.29, 1.82) is 10.5 Å². The van der Waals surface area contributed by atoms with Crippen molar-refractivity contribution in [1.82, 2.24) is 4.90 Å². The third kappa shape index (κ3) is 3.83. The number of rotatable bonds is 3. The molecule has 0 radical (unpaired) electrons. The molecule has 1 aromatic rings. The lowest BCUT2D eigenvalue weighted by Crippen LogP contribution is -2.41. The molecule has 1 atom stereocenters. The van der Waals surface area contributed by atoms with Crippen LogP contribution in [-0.4, -0.2) is 23.9 Å². The van der Waals surface area contributed by atoms with Crippen LogP contribution in [0.5, 0.6) is 0 Å². The van der Waals surface area contributed by atoms with Gasteiger partial charge in [-0.2, -0.15) is 10.5 Å². The summed E-state index contributed by atoms with van der Waals surface area (Å²) in [6, 6.07) is 11.3. The van der Waals surface area contributed by atoms with Gasteiger partial charge in [-0.15, -0.1) is 0 Å². The average Bonchev–Trinajstić information content (AvgIpc) is 2.53. The minimum Gasteiger partial charge on any atom is -0.342 e. The minimum atomic E-state index is -0.633. The Hall–Kier alpha value is -2.33. The van der Waals surface area contributed by atoms with Crippen molar-refractivity contribution in [2.24, 2.45) is 11.8 Å². The van der Waals surface area contributed by atoms with Crippen LogP contribution in [0.1, 0.15) is 30.9 Å². The van der Waals surface area contributed by atoms with E-state index >= 15 is 0 Å². The van der Waals surface area contributed by atoms with Gasteiger partial charge < -0.3 is 4.90 Å². The molecule has 1 aromatic carbocycles. The quantitative estimate of drug-likeness (QED) is 0.854. The van der Waals surface area contributed by atoms with Crippen LogP contribution in [-0.2, 0) is 11.2 Å². The Morgan fingerprint density at radius 1 is 1.29 bits per heavy atom. The average molecular weight is 281 g/mol. The molecule has 0 aliphatic carbocycles. The number of likely N-dealkylation sites (tertiary alicyclic amines) is 1. The lowest BCUT2D eigenvalue weighted by atomic mass is 9.95. The number of hydrogen-bond acceptors (Lipinski definition) is 3. The second-order valence-electron chi connectivity index (χ2n) is 5.70. The number of amides is 1. The van der Waals surface area contributed by atoms with Gasteiger partial charge in [0, 0.05) is 13.1 Å². The van der Waals surface area contributed by atoms with Crippen LogP contribution in [0.15, 0.2) is 24.3 Å². The van der Waals surface area contributed by atoms with Crippen molar-refractivity contribution in [3.63, 3.8) is 0 Å². The summed E-state index contributed by atoms with van der Waals surface area (Å²) in [7, 11) is 0. The van der Waals surface area contributed by atoms with Gasteiger partial charge in [0.2, 0.25) is 5.91 Å². The highest BCUT2D eigenvalue weighted by molar-refractivity contribution is 5.81. The van der Waals surface area contributed by atoms with Crippen LogP contribution >= 0.6 is 0 Å². The van der Waals surface area contributed by atoms with Crippen LogP contribution in [0.2, 0.25) is 0 Å². The van der Waals surface area contributed by atoms with Crippen LogP contribution in [0, 0.1) is 34.5 Å². The van der Waals surface area contributed by atoms with E-state index in [1.54, 1.807) is 12.1 Å². The second kappa shape index (κ2) is 6.90. The number of carbonyl (C=O) groups is 1. The number of nitriles is 2. The normalized spacial score (nSPS) is 16.8. The van der Waals surface area contributed by atoms with Gasteiger partial charge in [-0.3, -0.25) is 4.79 Å². The van der Waals surface area contributed by atoms with Gasteiger partial charge in [0.1, 0.15) is 5.92 Å². The van der Waals surface area contributed by atoms with Crippen LogP contribution in [0.25, 0.3) is 0 Å². The lowest BCUT2D eigenvalue weighted by Gasteiger charge is -2.31. The molecule has 0 saturated carbocycles. The zero-order valence-electron chi connectivity index (χ0n) is 12.2. The molecule has 0 bridgehead atoms. The summed E-state index contributed by atoms with van der Waals surface area (Å²) in [6.07, 6.45) is 2.44. The van der Waals surface area contributed by atoms with E-state index in [1.165, 1.54) is 0 Å². The summed E-state index contributed by atoms with van der Waals surface area (Å²) in [6.45, 7) is 3.71. The maximum absolute atomic E-state index is 12.4. The van der Waals surface area contributed by atoms with Crippen molar-refractivity contribution in [2.45, 2.75) is 26.2 Å². The van der Waals surface area contributed by atoms with E-state index in [4.69, 9.17) is 5.26 Å². The first-order valence-electron chi connectivity index (χ1n) is 7.31. The van der Waals surface area contributed by atoms with E-state index in [1.807, 2.05) is 17.0 Å². The zero-order chi connectivity index (χ0) is 15.2. The van der Waals surface area contributed by atoms with Gasteiger partial charge in [-0.25, -0.2) is 0 Å². The van der Waals surface area contributed by atoms with Crippen LogP contribution < -0.4 is 0 Å². The highest BCUT2D eigenvalue weighted by Gasteiger charge is 2.27. The van der Waals surface area contributed by atoms with E-state index in [0.29, 0.717) is 17.9 Å². The van der Waals surface area contributed by atoms with E-state index < -0.39 is 5.92 Å². The molecule has 0 spiro atoms. The van der Waals surface area contributed by atoms with Gasteiger partial charge >= 0.3 is 0 Å². The maximum atomic E-state index is 12.4. The Kier molecular flexibility index (Phi) is 4.95. The summed E-state index contributed by atoms with van der Waals surface area (Å²) < 4.78 is 0. The zero-order valence-corrected chi connectivity index (χ0v) is 12.2. The summed E-state index contributed by atoms with van der Waals surface area (Å²) in [5.74, 6) is -0.0341. The molecule has 1 heterocycles. The molecular formula is C17H19N3O. The van der Waals surface area contributed by atoms with Crippen molar-refractivity contribution in [3.05, 3.63) is 35.4 Å². The first-order chi connectivity index (χ1) is 10.1. The van der Waals surface area contributed by atoms with E-state index in [-0.39, 0.29) is 5.91 Å². The van der Waals surface area contributed by atoms with E-state index in [0.717, 1.165) is 31.5 Å². The van der Waals surface area contributed by atoms with Gasteiger partial charge in [-0.1, -0.05) is 19.1 Å².